The summed E-state index contributed by atoms with van der Waals surface area (Å²) in [5.41, 5.74) is 0.788. The quantitative estimate of drug-likeness (QED) is 0.868. The van der Waals surface area contributed by atoms with Crippen LogP contribution in [0.2, 0.25) is 0 Å². The maximum atomic E-state index is 11.9. The van der Waals surface area contributed by atoms with Gasteiger partial charge in [0.1, 0.15) is 0 Å². The van der Waals surface area contributed by atoms with Gasteiger partial charge in [0.05, 0.1) is 0 Å². The van der Waals surface area contributed by atoms with E-state index in [1.807, 2.05) is 0 Å². The second-order valence-electron chi connectivity index (χ2n) is 4.30. The van der Waals surface area contributed by atoms with Crippen LogP contribution >= 0.6 is 0 Å². The highest BCUT2D eigenvalue weighted by molar-refractivity contribution is 7.88. The first-order valence-corrected chi connectivity index (χ1v) is 7.10. The van der Waals surface area contributed by atoms with Gasteiger partial charge in [0.2, 0.25) is 5.09 Å². The predicted octanol–water partition coefficient (Wildman–Crippen LogP) is 0.814. The number of H-pyrrole nitrogens is 1. The van der Waals surface area contributed by atoms with Crippen LogP contribution in [0, 0.1) is 6.92 Å². The Morgan fingerprint density at radius 3 is 2.65 bits per heavy atom. The molecule has 0 saturated carbocycles. The van der Waals surface area contributed by atoms with Gasteiger partial charge >= 0.3 is 0 Å². The van der Waals surface area contributed by atoms with Crippen molar-refractivity contribution in [3.63, 3.8) is 0 Å². The highest BCUT2D eigenvalue weighted by Gasteiger charge is 2.23. The van der Waals surface area contributed by atoms with Gasteiger partial charge in [-0.15, -0.1) is 0 Å². The number of nitrogens with zero attached hydrogens (tertiary/aromatic N) is 2. The number of aromatic nitrogens is 2. The lowest BCUT2D eigenvalue weighted by molar-refractivity contribution is 0.0991. The number of anilines is 1. The molecule has 0 radical (unpaired) electrons. The van der Waals surface area contributed by atoms with E-state index in [0.717, 1.165) is 10.00 Å². The Labute approximate surface area is 115 Å². The molecule has 20 heavy (non-hydrogen) atoms. The van der Waals surface area contributed by atoms with Crippen molar-refractivity contribution < 1.29 is 17.6 Å². The van der Waals surface area contributed by atoms with Crippen LogP contribution in [-0.4, -0.2) is 42.9 Å². The van der Waals surface area contributed by atoms with E-state index in [4.69, 9.17) is 4.42 Å². The molecule has 0 aliphatic rings. The molecule has 9 heteroatoms. The Balaban J connectivity index is 2.19. The molecular weight excluding hydrogens is 284 g/mol. The number of carbonyl (C=O) groups excluding carboxylic acids is 1. The van der Waals surface area contributed by atoms with Crippen molar-refractivity contribution in [1.29, 1.82) is 0 Å². The lowest BCUT2D eigenvalue weighted by Gasteiger charge is -2.07. The standard InChI is InChI=1S/C11H14N4O4S/c1-7-6-9(14-13-7)12-11(16)8-4-5-10(19-8)20(17,18)15(2)3/h4-6H,1-3H3,(H2,12,13,14,16). The summed E-state index contributed by atoms with van der Waals surface area (Å²) >= 11 is 0. The van der Waals surface area contributed by atoms with Crippen LogP contribution in [-0.2, 0) is 10.0 Å². The number of nitrogens with one attached hydrogen (secondary N) is 2. The monoisotopic (exact) mass is 298 g/mol. The molecule has 0 spiro atoms. The van der Waals surface area contributed by atoms with Gasteiger partial charge in [-0.2, -0.15) is 5.10 Å². The maximum Gasteiger partial charge on any atom is 0.292 e. The molecule has 1 amide bonds. The van der Waals surface area contributed by atoms with Crippen molar-refractivity contribution in [3.8, 4) is 0 Å². The molecule has 0 aliphatic carbocycles. The first-order chi connectivity index (χ1) is 9.30. The van der Waals surface area contributed by atoms with Crippen LogP contribution in [0.15, 0.2) is 27.7 Å². The highest BCUT2D eigenvalue weighted by Crippen LogP contribution is 2.17. The number of aryl methyl sites for hydroxylation is 1. The number of hydrogen-bond donors (Lipinski definition) is 2. The smallest absolute Gasteiger partial charge is 0.292 e. The zero-order chi connectivity index (χ0) is 14.9. The third-order valence-corrected chi connectivity index (χ3v) is 4.18. The van der Waals surface area contributed by atoms with Crippen LogP contribution in [0.3, 0.4) is 0 Å². The van der Waals surface area contributed by atoms with Crippen LogP contribution in [0.25, 0.3) is 0 Å². The van der Waals surface area contributed by atoms with Crippen molar-refractivity contribution in [2.24, 2.45) is 0 Å². The topological polar surface area (TPSA) is 108 Å². The molecule has 0 unspecified atom stereocenters. The summed E-state index contributed by atoms with van der Waals surface area (Å²) < 4.78 is 29.7. The lowest BCUT2D eigenvalue weighted by Crippen LogP contribution is -2.21. The molecule has 108 valence electrons. The number of carbonyl (C=O) groups is 1. The van der Waals surface area contributed by atoms with Crippen LogP contribution in [0.4, 0.5) is 5.82 Å². The van der Waals surface area contributed by atoms with Gasteiger partial charge in [-0.1, -0.05) is 0 Å². The molecule has 2 N–H and O–H groups in total. The predicted molar refractivity (Wildman–Crippen MR) is 70.9 cm³/mol. The van der Waals surface area contributed by atoms with E-state index >= 15 is 0 Å². The molecular formula is C11H14N4O4S. The van der Waals surface area contributed by atoms with E-state index in [-0.39, 0.29) is 10.9 Å². The molecule has 0 saturated heterocycles. The Hall–Kier alpha value is -2.13. The summed E-state index contributed by atoms with van der Waals surface area (Å²) in [6.07, 6.45) is 0. The third-order valence-electron chi connectivity index (χ3n) is 2.49. The maximum absolute atomic E-state index is 11.9. The summed E-state index contributed by atoms with van der Waals surface area (Å²) in [5, 5.41) is 8.72. The number of amides is 1. The minimum atomic E-state index is -3.69. The Bertz CT molecular complexity index is 729. The Morgan fingerprint density at radius 2 is 2.10 bits per heavy atom. The largest absolute Gasteiger partial charge is 0.438 e. The van der Waals surface area contributed by atoms with Crippen LogP contribution < -0.4 is 5.32 Å². The van der Waals surface area contributed by atoms with Gasteiger partial charge in [-0.25, -0.2) is 12.7 Å². The Kier molecular flexibility index (Phi) is 3.64. The first kappa shape index (κ1) is 14.3. The zero-order valence-electron chi connectivity index (χ0n) is 11.2. The molecule has 2 aromatic heterocycles. The fourth-order valence-electron chi connectivity index (χ4n) is 1.42. The highest BCUT2D eigenvalue weighted by atomic mass is 32.2. The Morgan fingerprint density at radius 1 is 1.40 bits per heavy atom. The molecule has 0 aromatic carbocycles. The van der Waals surface area contributed by atoms with Crippen molar-refractivity contribution in [3.05, 3.63) is 29.7 Å². The number of rotatable bonds is 4. The summed E-state index contributed by atoms with van der Waals surface area (Å²) in [6, 6.07) is 4.17. The van der Waals surface area contributed by atoms with E-state index in [9.17, 15) is 13.2 Å². The van der Waals surface area contributed by atoms with E-state index < -0.39 is 15.9 Å². The number of sulfonamides is 1. The average Bonchev–Trinajstić information content (AvgIpc) is 2.98. The fourth-order valence-corrected chi connectivity index (χ4v) is 2.22. The summed E-state index contributed by atoms with van der Waals surface area (Å²) in [4.78, 5) is 11.9. The van der Waals surface area contributed by atoms with Crippen LogP contribution in [0.5, 0.6) is 0 Å². The summed E-state index contributed by atoms with van der Waals surface area (Å²) in [7, 11) is -0.935. The van der Waals surface area contributed by atoms with E-state index in [2.05, 4.69) is 15.5 Å². The van der Waals surface area contributed by atoms with Gasteiger partial charge in [0.25, 0.3) is 15.9 Å². The molecule has 2 rings (SSSR count). The van der Waals surface area contributed by atoms with E-state index in [1.54, 1.807) is 13.0 Å². The number of hydrogen-bond acceptors (Lipinski definition) is 5. The average molecular weight is 298 g/mol. The molecule has 0 fully saturated rings. The second kappa shape index (κ2) is 5.10. The van der Waals surface area contributed by atoms with Crippen LogP contribution in [0.1, 0.15) is 16.2 Å². The number of aromatic amines is 1. The molecule has 0 bridgehead atoms. The molecule has 0 aliphatic heterocycles. The fraction of sp³-hybridized carbons (Fsp3) is 0.273. The van der Waals surface area contributed by atoms with Gasteiger partial charge in [0.15, 0.2) is 11.6 Å². The van der Waals surface area contributed by atoms with Crippen molar-refractivity contribution in [2.75, 3.05) is 19.4 Å². The summed E-state index contributed by atoms with van der Waals surface area (Å²) in [5.74, 6) is -0.344. The second-order valence-corrected chi connectivity index (χ2v) is 6.38. The SMILES string of the molecule is Cc1cc(NC(=O)c2ccc(S(=O)(=O)N(C)C)o2)n[nH]1. The first-order valence-electron chi connectivity index (χ1n) is 5.66. The lowest BCUT2D eigenvalue weighted by atomic mass is 10.4. The minimum absolute atomic E-state index is 0.105. The summed E-state index contributed by atoms with van der Waals surface area (Å²) in [6.45, 7) is 1.79. The molecule has 0 atom stereocenters. The van der Waals surface area contributed by atoms with Gasteiger partial charge in [-0.05, 0) is 19.1 Å². The number of furan rings is 1. The molecule has 2 heterocycles. The van der Waals surface area contributed by atoms with Crippen molar-refractivity contribution >= 4 is 21.7 Å². The van der Waals surface area contributed by atoms with Crippen molar-refractivity contribution in [2.45, 2.75) is 12.0 Å². The third kappa shape index (κ3) is 2.73. The normalized spacial score (nSPS) is 11.8. The molecule has 8 nitrogen and oxygen atoms in total. The van der Waals surface area contributed by atoms with E-state index in [1.165, 1.54) is 26.2 Å². The molecule has 2 aromatic rings. The van der Waals surface area contributed by atoms with Gasteiger partial charge in [-0.3, -0.25) is 9.89 Å². The zero-order valence-corrected chi connectivity index (χ0v) is 12.0. The van der Waals surface area contributed by atoms with Gasteiger partial charge < -0.3 is 9.73 Å². The minimum Gasteiger partial charge on any atom is -0.438 e. The van der Waals surface area contributed by atoms with Gasteiger partial charge in [0, 0.05) is 25.9 Å². The van der Waals surface area contributed by atoms with E-state index in [0.29, 0.717) is 5.82 Å². The van der Waals surface area contributed by atoms with Crippen molar-refractivity contribution in [1.82, 2.24) is 14.5 Å².